The zero-order chi connectivity index (χ0) is 11.8. The Morgan fingerprint density at radius 2 is 2.47 bits per heavy atom. The number of Topliss-reactive ketones (excluding diaryl/α,β-unsaturated/α-hetero) is 1. The molecular weight excluding hydrogens is 234 g/mol. The van der Waals surface area contributed by atoms with Gasteiger partial charge < -0.3 is 5.73 Å². The normalized spacial score (nSPS) is 17.5. The van der Waals surface area contributed by atoms with Crippen LogP contribution in [0.3, 0.4) is 0 Å². The average Bonchev–Trinajstić information content (AvgIpc) is 2.92. The third kappa shape index (κ3) is 2.40. The Morgan fingerprint density at radius 1 is 1.65 bits per heavy atom. The van der Waals surface area contributed by atoms with Crippen molar-refractivity contribution >= 4 is 22.1 Å². The molecule has 17 heavy (non-hydrogen) atoms. The maximum Gasteiger partial charge on any atom is 0.193 e. The van der Waals surface area contributed by atoms with Gasteiger partial charge in [-0.25, -0.2) is 4.98 Å². The van der Waals surface area contributed by atoms with E-state index in [0.717, 1.165) is 10.7 Å². The molecule has 2 aromatic rings. The van der Waals surface area contributed by atoms with Crippen LogP contribution in [0.2, 0.25) is 0 Å². The van der Waals surface area contributed by atoms with E-state index in [0.29, 0.717) is 18.8 Å². The molecule has 2 heterocycles. The number of nitrogens with zero attached hydrogens (tertiary/aromatic N) is 2. The Kier molecular flexibility index (Phi) is 2.72. The van der Waals surface area contributed by atoms with Crippen molar-refractivity contribution in [2.24, 2.45) is 11.7 Å². The van der Waals surface area contributed by atoms with Gasteiger partial charge in [0, 0.05) is 30.2 Å². The van der Waals surface area contributed by atoms with Crippen LogP contribution in [0.4, 0.5) is 0 Å². The van der Waals surface area contributed by atoms with E-state index in [1.165, 1.54) is 12.8 Å². The molecule has 0 saturated heterocycles. The summed E-state index contributed by atoms with van der Waals surface area (Å²) in [7, 11) is 0. The van der Waals surface area contributed by atoms with Crippen molar-refractivity contribution in [1.29, 1.82) is 0 Å². The Morgan fingerprint density at radius 3 is 3.18 bits per heavy atom. The summed E-state index contributed by atoms with van der Waals surface area (Å²) < 4.78 is 1.95. The lowest BCUT2D eigenvalue weighted by atomic mass is 10.0. The first-order valence-electron chi connectivity index (χ1n) is 5.91. The zero-order valence-corrected chi connectivity index (χ0v) is 10.3. The first-order chi connectivity index (χ1) is 8.22. The van der Waals surface area contributed by atoms with Gasteiger partial charge in [-0.3, -0.25) is 9.20 Å². The average molecular weight is 249 g/mol. The molecule has 1 atom stereocenters. The number of rotatable bonds is 5. The number of carbonyl (C=O) groups is 1. The molecule has 5 heteroatoms. The number of ketones is 1. The van der Waals surface area contributed by atoms with Gasteiger partial charge in [0.25, 0.3) is 0 Å². The van der Waals surface area contributed by atoms with Crippen molar-refractivity contribution in [3.8, 4) is 0 Å². The van der Waals surface area contributed by atoms with Crippen molar-refractivity contribution in [1.82, 2.24) is 9.38 Å². The molecule has 2 aromatic heterocycles. The van der Waals surface area contributed by atoms with Gasteiger partial charge in [-0.1, -0.05) is 0 Å². The highest BCUT2D eigenvalue weighted by molar-refractivity contribution is 7.15. The van der Waals surface area contributed by atoms with Gasteiger partial charge in [-0.05, 0) is 18.8 Å². The fourth-order valence-corrected chi connectivity index (χ4v) is 2.81. The molecule has 1 saturated carbocycles. The highest BCUT2D eigenvalue weighted by Gasteiger charge is 2.29. The van der Waals surface area contributed by atoms with E-state index in [2.05, 4.69) is 4.98 Å². The van der Waals surface area contributed by atoms with Crippen LogP contribution < -0.4 is 5.73 Å². The lowest BCUT2D eigenvalue weighted by Crippen LogP contribution is -2.26. The molecule has 0 radical (unpaired) electrons. The number of carbonyl (C=O) groups excluding carboxylic acids is 1. The number of fused-ring (bicyclic) bond motifs is 1. The summed E-state index contributed by atoms with van der Waals surface area (Å²) in [4.78, 5) is 17.2. The summed E-state index contributed by atoms with van der Waals surface area (Å²) in [6.45, 7) is 0. The Balaban J connectivity index is 1.62. The van der Waals surface area contributed by atoms with E-state index in [9.17, 15) is 4.79 Å². The highest BCUT2D eigenvalue weighted by atomic mass is 32.1. The molecule has 0 spiro atoms. The first-order valence-corrected chi connectivity index (χ1v) is 6.78. The topological polar surface area (TPSA) is 60.4 Å². The molecule has 1 unspecified atom stereocenters. The molecule has 1 aliphatic rings. The van der Waals surface area contributed by atoms with E-state index >= 15 is 0 Å². The minimum absolute atomic E-state index is 0.0613. The second-order valence-electron chi connectivity index (χ2n) is 4.75. The minimum atomic E-state index is 0.0613. The van der Waals surface area contributed by atoms with Crippen LogP contribution in [0.15, 0.2) is 17.8 Å². The van der Waals surface area contributed by atoms with Crippen molar-refractivity contribution in [2.45, 2.75) is 31.7 Å². The third-order valence-corrected chi connectivity index (χ3v) is 3.98. The zero-order valence-electron chi connectivity index (χ0n) is 9.50. The highest BCUT2D eigenvalue weighted by Crippen LogP contribution is 2.32. The molecule has 1 aliphatic carbocycles. The van der Waals surface area contributed by atoms with Crippen molar-refractivity contribution in [2.75, 3.05) is 0 Å². The second-order valence-corrected chi connectivity index (χ2v) is 5.62. The van der Waals surface area contributed by atoms with Crippen molar-refractivity contribution in [3.05, 3.63) is 23.5 Å². The van der Waals surface area contributed by atoms with Crippen LogP contribution in [0, 0.1) is 5.92 Å². The second kappa shape index (κ2) is 4.23. The van der Waals surface area contributed by atoms with Crippen molar-refractivity contribution in [3.63, 3.8) is 0 Å². The molecular formula is C12H15N3OS. The number of hydrogen-bond acceptors (Lipinski definition) is 4. The maximum absolute atomic E-state index is 11.8. The lowest BCUT2D eigenvalue weighted by molar-refractivity contribution is -0.118. The van der Waals surface area contributed by atoms with E-state index in [4.69, 9.17) is 5.73 Å². The third-order valence-electron chi connectivity index (χ3n) is 3.21. The van der Waals surface area contributed by atoms with Gasteiger partial charge >= 0.3 is 0 Å². The molecule has 0 bridgehead atoms. The van der Waals surface area contributed by atoms with E-state index in [-0.39, 0.29) is 11.8 Å². The predicted molar refractivity (Wildman–Crippen MR) is 67.1 cm³/mol. The smallest absolute Gasteiger partial charge is 0.193 e. The summed E-state index contributed by atoms with van der Waals surface area (Å²) in [6.07, 6.45) is 7.16. The standard InChI is InChI=1S/C12H15N3OS/c13-11(8-1-2-8)6-10(16)5-9-7-15-3-4-17-12(15)14-9/h3-4,7-8,11H,1-2,5-6,13H2. The summed E-state index contributed by atoms with van der Waals surface area (Å²) in [6, 6.07) is 0.0613. The predicted octanol–water partition coefficient (Wildman–Crippen LogP) is 1.63. The van der Waals surface area contributed by atoms with Crippen LogP contribution in [0.5, 0.6) is 0 Å². The lowest BCUT2D eigenvalue weighted by Gasteiger charge is -2.07. The van der Waals surface area contributed by atoms with Gasteiger partial charge in [0.1, 0.15) is 5.78 Å². The van der Waals surface area contributed by atoms with Gasteiger partial charge in [0.2, 0.25) is 0 Å². The van der Waals surface area contributed by atoms with Gasteiger partial charge in [-0.2, -0.15) is 0 Å². The number of thiazole rings is 1. The number of imidazole rings is 1. The SMILES string of the molecule is NC(CC(=O)Cc1cn2ccsc2n1)C1CC1. The van der Waals surface area contributed by atoms with Gasteiger partial charge in [0.15, 0.2) is 4.96 Å². The Hall–Kier alpha value is -1.20. The fourth-order valence-electron chi connectivity index (χ4n) is 2.09. The maximum atomic E-state index is 11.8. The van der Waals surface area contributed by atoms with E-state index in [1.807, 2.05) is 22.2 Å². The molecule has 0 aliphatic heterocycles. The number of hydrogen-bond donors (Lipinski definition) is 1. The number of aromatic nitrogens is 2. The van der Waals surface area contributed by atoms with Gasteiger partial charge in [0.05, 0.1) is 12.1 Å². The Labute approximate surface area is 103 Å². The van der Waals surface area contributed by atoms with Crippen LogP contribution in [0.25, 0.3) is 4.96 Å². The Bertz CT molecular complexity index is 512. The van der Waals surface area contributed by atoms with Crippen LogP contribution in [-0.2, 0) is 11.2 Å². The van der Waals surface area contributed by atoms with Gasteiger partial charge in [-0.15, -0.1) is 11.3 Å². The van der Waals surface area contributed by atoms with E-state index in [1.54, 1.807) is 11.3 Å². The van der Waals surface area contributed by atoms with Crippen LogP contribution in [0.1, 0.15) is 25.0 Å². The molecule has 4 nitrogen and oxygen atoms in total. The molecule has 90 valence electrons. The summed E-state index contributed by atoms with van der Waals surface area (Å²) >= 11 is 1.58. The monoisotopic (exact) mass is 249 g/mol. The summed E-state index contributed by atoms with van der Waals surface area (Å²) in [5, 5.41) is 1.98. The first kappa shape index (κ1) is 10.9. The van der Waals surface area contributed by atoms with Crippen LogP contribution >= 0.6 is 11.3 Å². The van der Waals surface area contributed by atoms with Crippen LogP contribution in [-0.4, -0.2) is 21.2 Å². The van der Waals surface area contributed by atoms with Crippen molar-refractivity contribution < 1.29 is 4.79 Å². The summed E-state index contributed by atoms with van der Waals surface area (Å²) in [5.74, 6) is 0.791. The molecule has 0 amide bonds. The molecule has 1 fully saturated rings. The minimum Gasteiger partial charge on any atom is -0.327 e. The fraction of sp³-hybridized carbons (Fsp3) is 0.500. The summed E-state index contributed by atoms with van der Waals surface area (Å²) in [5.41, 5.74) is 6.80. The molecule has 2 N–H and O–H groups in total. The number of nitrogens with two attached hydrogens (primary N) is 1. The van der Waals surface area contributed by atoms with E-state index < -0.39 is 0 Å². The largest absolute Gasteiger partial charge is 0.327 e. The molecule has 3 rings (SSSR count). The quantitative estimate of drug-likeness (QED) is 0.876. The molecule has 0 aromatic carbocycles.